The highest BCUT2D eigenvalue weighted by Gasteiger charge is 2.26. The van der Waals surface area contributed by atoms with Crippen LogP contribution in [-0.2, 0) is 30.7 Å². The quantitative estimate of drug-likeness (QED) is 0.513. The second-order valence-corrected chi connectivity index (χ2v) is 8.26. The lowest BCUT2D eigenvalue weighted by Gasteiger charge is -2.29. The first-order valence-electron chi connectivity index (χ1n) is 10.8. The van der Waals surface area contributed by atoms with Crippen LogP contribution in [0.15, 0.2) is 78.9 Å². The van der Waals surface area contributed by atoms with Gasteiger partial charge in [0.2, 0.25) is 5.91 Å². The number of aromatic carboxylic acids is 1. The lowest BCUT2D eigenvalue weighted by molar-refractivity contribution is -0.131. The average Bonchev–Trinajstić information content (AvgIpc) is 3.13. The van der Waals surface area contributed by atoms with E-state index in [2.05, 4.69) is 22.8 Å². The summed E-state index contributed by atoms with van der Waals surface area (Å²) in [7, 11) is 0. The minimum atomic E-state index is -0.923. The van der Waals surface area contributed by atoms with Crippen molar-refractivity contribution in [3.05, 3.63) is 107 Å². The molecule has 0 fully saturated rings. The Labute approximate surface area is 186 Å². The summed E-state index contributed by atoms with van der Waals surface area (Å²) in [5, 5.41) is 10.4. The zero-order valence-electron chi connectivity index (χ0n) is 17.7. The molecular weight excluding hydrogens is 400 g/mol. The second kappa shape index (κ2) is 8.35. The minimum Gasteiger partial charge on any atom is -0.478 e. The van der Waals surface area contributed by atoms with Gasteiger partial charge in [-0.1, -0.05) is 60.7 Å². The number of carboxylic acids is 1. The lowest BCUT2D eigenvalue weighted by atomic mass is 10.0. The number of amides is 1. The maximum Gasteiger partial charge on any atom is 0.335 e. The molecule has 0 bridgehead atoms. The van der Waals surface area contributed by atoms with Crippen LogP contribution in [0.2, 0.25) is 0 Å². The number of carbonyl (C=O) groups excluding carboxylic acids is 1. The predicted octanol–water partition coefficient (Wildman–Crippen LogP) is 4.52. The third-order valence-corrected chi connectivity index (χ3v) is 6.26. The Morgan fingerprint density at radius 3 is 2.31 bits per heavy atom. The molecule has 1 aliphatic heterocycles. The molecule has 32 heavy (non-hydrogen) atoms. The van der Waals surface area contributed by atoms with E-state index < -0.39 is 5.97 Å². The second-order valence-electron chi connectivity index (χ2n) is 8.26. The fourth-order valence-corrected chi connectivity index (χ4v) is 4.61. The van der Waals surface area contributed by atoms with E-state index in [1.54, 1.807) is 12.1 Å². The molecule has 1 aliphatic rings. The van der Waals surface area contributed by atoms with Crippen molar-refractivity contribution in [2.45, 2.75) is 25.9 Å². The number of para-hydroxylation sites is 1. The summed E-state index contributed by atoms with van der Waals surface area (Å²) >= 11 is 0. The first-order valence-corrected chi connectivity index (χ1v) is 10.8. The van der Waals surface area contributed by atoms with E-state index in [-0.39, 0.29) is 11.5 Å². The van der Waals surface area contributed by atoms with Gasteiger partial charge in [-0.05, 0) is 41.3 Å². The fourth-order valence-electron chi connectivity index (χ4n) is 4.61. The van der Waals surface area contributed by atoms with Gasteiger partial charge in [0.15, 0.2) is 0 Å². The summed E-state index contributed by atoms with van der Waals surface area (Å²) in [6, 6.07) is 25.3. The number of rotatable bonds is 5. The maximum atomic E-state index is 13.0. The summed E-state index contributed by atoms with van der Waals surface area (Å²) < 4.78 is 2.28. The van der Waals surface area contributed by atoms with Gasteiger partial charge in [0.05, 0.1) is 18.5 Å². The van der Waals surface area contributed by atoms with Crippen LogP contribution in [-0.4, -0.2) is 33.0 Å². The number of fused-ring (bicyclic) bond motifs is 3. The van der Waals surface area contributed by atoms with Gasteiger partial charge in [-0.15, -0.1) is 0 Å². The van der Waals surface area contributed by atoms with Crippen molar-refractivity contribution in [2.75, 3.05) is 6.54 Å². The van der Waals surface area contributed by atoms with Crippen molar-refractivity contribution < 1.29 is 14.7 Å². The molecule has 0 aliphatic carbocycles. The van der Waals surface area contributed by atoms with Crippen LogP contribution in [0, 0.1) is 0 Å². The van der Waals surface area contributed by atoms with Crippen molar-refractivity contribution in [1.82, 2.24) is 9.47 Å². The number of carbonyl (C=O) groups is 2. The zero-order valence-corrected chi connectivity index (χ0v) is 17.7. The molecular formula is C27H24N2O3. The Morgan fingerprint density at radius 1 is 0.844 bits per heavy atom. The average molecular weight is 425 g/mol. The van der Waals surface area contributed by atoms with Crippen molar-refractivity contribution in [3.8, 4) is 0 Å². The largest absolute Gasteiger partial charge is 0.478 e. The van der Waals surface area contributed by atoms with Gasteiger partial charge >= 0.3 is 5.97 Å². The van der Waals surface area contributed by atoms with E-state index in [9.17, 15) is 14.7 Å². The number of nitrogens with zero attached hydrogens (tertiary/aromatic N) is 2. The Balaban J connectivity index is 1.46. The molecule has 4 aromatic rings. The van der Waals surface area contributed by atoms with E-state index in [0.717, 1.165) is 29.6 Å². The highest BCUT2D eigenvalue weighted by atomic mass is 16.4. The highest BCUT2D eigenvalue weighted by molar-refractivity contribution is 5.88. The summed E-state index contributed by atoms with van der Waals surface area (Å²) in [6.07, 6.45) is 1.24. The monoisotopic (exact) mass is 424 g/mol. The SMILES string of the molecule is O=C(O)c1ccc(Cn2c3c(c4ccccc42)CCN(C(=O)Cc2ccccc2)C3)cc1. The Morgan fingerprint density at radius 2 is 1.56 bits per heavy atom. The molecule has 1 aromatic heterocycles. The molecule has 0 radical (unpaired) electrons. The van der Waals surface area contributed by atoms with Crippen molar-refractivity contribution >= 4 is 22.8 Å². The van der Waals surface area contributed by atoms with Crippen molar-refractivity contribution in [1.29, 1.82) is 0 Å². The molecule has 0 atom stereocenters. The summed E-state index contributed by atoms with van der Waals surface area (Å²) in [4.78, 5) is 26.2. The molecule has 2 heterocycles. The highest BCUT2D eigenvalue weighted by Crippen LogP contribution is 2.32. The van der Waals surface area contributed by atoms with Crippen LogP contribution in [0.1, 0.15) is 32.7 Å². The third-order valence-electron chi connectivity index (χ3n) is 6.26. The van der Waals surface area contributed by atoms with Crippen LogP contribution in [0.5, 0.6) is 0 Å². The van der Waals surface area contributed by atoms with Gasteiger partial charge in [-0.25, -0.2) is 4.79 Å². The van der Waals surface area contributed by atoms with Gasteiger partial charge in [-0.2, -0.15) is 0 Å². The zero-order chi connectivity index (χ0) is 22.1. The Hall–Kier alpha value is -3.86. The fraction of sp³-hybridized carbons (Fsp3) is 0.185. The molecule has 5 heteroatoms. The minimum absolute atomic E-state index is 0.143. The van der Waals surface area contributed by atoms with E-state index in [1.165, 1.54) is 16.6 Å². The van der Waals surface area contributed by atoms with E-state index >= 15 is 0 Å². The Kier molecular flexibility index (Phi) is 5.23. The molecule has 3 aromatic carbocycles. The van der Waals surface area contributed by atoms with E-state index in [4.69, 9.17) is 0 Å². The van der Waals surface area contributed by atoms with Gasteiger partial charge in [0.1, 0.15) is 0 Å². The molecule has 1 amide bonds. The first-order chi connectivity index (χ1) is 15.6. The van der Waals surface area contributed by atoms with E-state index in [1.807, 2.05) is 53.4 Å². The molecule has 5 nitrogen and oxygen atoms in total. The molecule has 160 valence electrons. The standard InChI is InChI=1S/C27H24N2O3/c30-26(16-19-6-2-1-3-7-19)28-15-14-23-22-8-4-5-9-24(22)29(25(23)18-28)17-20-10-12-21(13-11-20)27(31)32/h1-13H,14-18H2,(H,31,32). The Bertz CT molecular complexity index is 1290. The van der Waals surface area contributed by atoms with Crippen LogP contribution in [0.3, 0.4) is 0 Å². The van der Waals surface area contributed by atoms with Gasteiger partial charge < -0.3 is 14.6 Å². The number of hydrogen-bond acceptors (Lipinski definition) is 2. The number of carboxylic acid groups (broad SMARTS) is 1. The third kappa shape index (κ3) is 3.78. The number of hydrogen-bond donors (Lipinski definition) is 1. The van der Waals surface area contributed by atoms with Crippen LogP contribution in [0.25, 0.3) is 10.9 Å². The molecule has 5 rings (SSSR count). The number of benzene rings is 3. The molecule has 1 N–H and O–H groups in total. The van der Waals surface area contributed by atoms with Crippen molar-refractivity contribution in [3.63, 3.8) is 0 Å². The first kappa shape index (κ1) is 20.1. The topological polar surface area (TPSA) is 62.5 Å². The lowest BCUT2D eigenvalue weighted by Crippen LogP contribution is -2.37. The molecule has 0 spiro atoms. The number of aromatic nitrogens is 1. The van der Waals surface area contributed by atoms with Crippen LogP contribution >= 0.6 is 0 Å². The van der Waals surface area contributed by atoms with Crippen LogP contribution < -0.4 is 0 Å². The molecule has 0 saturated carbocycles. The van der Waals surface area contributed by atoms with Crippen LogP contribution in [0.4, 0.5) is 0 Å². The van der Waals surface area contributed by atoms with Crippen molar-refractivity contribution in [2.24, 2.45) is 0 Å². The van der Waals surface area contributed by atoms with Gasteiger partial charge in [0.25, 0.3) is 0 Å². The predicted molar refractivity (Wildman–Crippen MR) is 124 cm³/mol. The smallest absolute Gasteiger partial charge is 0.335 e. The van der Waals surface area contributed by atoms with E-state index in [0.29, 0.717) is 19.5 Å². The van der Waals surface area contributed by atoms with Gasteiger partial charge in [0, 0.05) is 29.7 Å². The van der Waals surface area contributed by atoms with Gasteiger partial charge in [-0.3, -0.25) is 4.79 Å². The summed E-state index contributed by atoms with van der Waals surface area (Å²) in [5.41, 5.74) is 5.98. The molecule has 0 unspecified atom stereocenters. The summed E-state index contributed by atoms with van der Waals surface area (Å²) in [6.45, 7) is 1.94. The summed E-state index contributed by atoms with van der Waals surface area (Å²) in [5.74, 6) is -0.780. The normalized spacial score (nSPS) is 13.2. The molecule has 0 saturated heterocycles. The maximum absolute atomic E-state index is 13.0.